The van der Waals surface area contributed by atoms with Crippen molar-refractivity contribution in [2.24, 2.45) is 4.99 Å². The maximum absolute atomic E-state index is 12.8. The lowest BCUT2D eigenvalue weighted by atomic mass is 10.2. The Balaban J connectivity index is 1.88. The summed E-state index contributed by atoms with van der Waals surface area (Å²) in [5.41, 5.74) is 1.37. The number of amidine groups is 1. The van der Waals surface area contributed by atoms with Crippen LogP contribution in [0.2, 0.25) is 10.0 Å². The third kappa shape index (κ3) is 3.84. The molecular formula is C17H15Cl2N3O. The number of aliphatic imine (C=N–C) groups is 1. The highest BCUT2D eigenvalue weighted by Gasteiger charge is 2.24. The van der Waals surface area contributed by atoms with E-state index in [4.69, 9.17) is 23.2 Å². The molecule has 4 nitrogen and oxygen atoms in total. The molecule has 0 aromatic heterocycles. The van der Waals surface area contributed by atoms with Crippen molar-refractivity contribution in [1.29, 1.82) is 0 Å². The van der Waals surface area contributed by atoms with Crippen LogP contribution in [-0.2, 0) is 0 Å². The summed E-state index contributed by atoms with van der Waals surface area (Å²) >= 11 is 11.9. The van der Waals surface area contributed by atoms with Crippen LogP contribution >= 0.6 is 23.2 Å². The zero-order valence-electron chi connectivity index (χ0n) is 12.3. The Hall–Kier alpha value is -2.04. The van der Waals surface area contributed by atoms with Crippen LogP contribution in [-0.4, -0.2) is 18.4 Å². The topological polar surface area (TPSA) is 44.7 Å². The van der Waals surface area contributed by atoms with Gasteiger partial charge in [0.15, 0.2) is 0 Å². The minimum Gasteiger partial charge on any atom is -0.307 e. The highest BCUT2D eigenvalue weighted by molar-refractivity contribution is 6.31. The molecule has 118 valence electrons. The molecule has 0 atom stereocenters. The summed E-state index contributed by atoms with van der Waals surface area (Å²) < 4.78 is 0. The molecule has 6 heteroatoms. The minimum atomic E-state index is -0.268. The average molecular weight is 348 g/mol. The maximum Gasteiger partial charge on any atom is 0.331 e. The van der Waals surface area contributed by atoms with E-state index in [2.05, 4.69) is 10.3 Å². The molecule has 0 spiro atoms. The van der Waals surface area contributed by atoms with Crippen LogP contribution in [0.3, 0.4) is 0 Å². The first-order valence-electron chi connectivity index (χ1n) is 7.29. The van der Waals surface area contributed by atoms with Gasteiger partial charge >= 0.3 is 6.03 Å². The van der Waals surface area contributed by atoms with Crippen molar-refractivity contribution in [3.63, 3.8) is 0 Å². The number of hydrogen-bond acceptors (Lipinski definition) is 2. The number of rotatable bonds is 2. The Morgan fingerprint density at radius 1 is 1.09 bits per heavy atom. The summed E-state index contributed by atoms with van der Waals surface area (Å²) in [6.45, 7) is 0.737. The van der Waals surface area contributed by atoms with Crippen molar-refractivity contribution in [2.45, 2.75) is 12.8 Å². The zero-order valence-corrected chi connectivity index (χ0v) is 13.8. The number of carbonyl (C=O) groups excluding carboxylic acids is 1. The third-order valence-electron chi connectivity index (χ3n) is 3.48. The number of urea groups is 1. The number of nitrogens with one attached hydrogen (secondary N) is 1. The molecule has 3 rings (SSSR count). The fourth-order valence-electron chi connectivity index (χ4n) is 2.42. The largest absolute Gasteiger partial charge is 0.331 e. The second kappa shape index (κ2) is 7.02. The van der Waals surface area contributed by atoms with E-state index in [0.717, 1.165) is 25.2 Å². The molecule has 1 aliphatic rings. The first-order chi connectivity index (χ1) is 11.1. The molecule has 1 aliphatic heterocycles. The van der Waals surface area contributed by atoms with E-state index < -0.39 is 0 Å². The average Bonchev–Trinajstić information content (AvgIpc) is 3.04. The van der Waals surface area contributed by atoms with Crippen LogP contribution in [0.1, 0.15) is 12.8 Å². The normalized spacial score (nSPS) is 13.6. The second-order valence-electron chi connectivity index (χ2n) is 5.15. The van der Waals surface area contributed by atoms with Crippen LogP contribution in [0.15, 0.2) is 53.5 Å². The number of benzene rings is 2. The quantitative estimate of drug-likeness (QED) is 0.794. The number of nitrogens with zero attached hydrogens (tertiary/aromatic N) is 2. The van der Waals surface area contributed by atoms with E-state index in [1.807, 2.05) is 12.1 Å². The summed E-state index contributed by atoms with van der Waals surface area (Å²) in [6, 6.07) is 13.9. The van der Waals surface area contributed by atoms with Crippen molar-refractivity contribution in [1.82, 2.24) is 0 Å². The van der Waals surface area contributed by atoms with Crippen molar-refractivity contribution < 1.29 is 4.79 Å². The smallest absolute Gasteiger partial charge is 0.307 e. The molecule has 0 aliphatic carbocycles. The summed E-state index contributed by atoms with van der Waals surface area (Å²) in [5.74, 6) is 0.749. The summed E-state index contributed by atoms with van der Waals surface area (Å²) in [6.07, 6.45) is 1.71. The van der Waals surface area contributed by atoms with Gasteiger partial charge in [-0.2, -0.15) is 0 Å². The van der Waals surface area contributed by atoms with Crippen LogP contribution in [0.4, 0.5) is 16.2 Å². The predicted molar refractivity (Wildman–Crippen MR) is 95.9 cm³/mol. The highest BCUT2D eigenvalue weighted by atomic mass is 35.5. The molecule has 1 heterocycles. The van der Waals surface area contributed by atoms with E-state index in [0.29, 0.717) is 21.4 Å². The molecular weight excluding hydrogens is 333 g/mol. The Bertz CT molecular complexity index is 744. The molecule has 0 fully saturated rings. The predicted octanol–water partition coefficient (Wildman–Crippen LogP) is 5.22. The maximum atomic E-state index is 12.8. The number of halogens is 2. The SMILES string of the molecule is O=C(Nc1ccc(Cl)cc1)N(C1=NCCC1)c1cccc(Cl)c1. The monoisotopic (exact) mass is 347 g/mol. The van der Waals surface area contributed by atoms with E-state index in [1.54, 1.807) is 41.3 Å². The van der Waals surface area contributed by atoms with Crippen molar-refractivity contribution in [3.05, 3.63) is 58.6 Å². The lowest BCUT2D eigenvalue weighted by Gasteiger charge is -2.23. The number of amides is 2. The molecule has 1 N–H and O–H groups in total. The van der Waals surface area contributed by atoms with Gasteiger partial charge in [-0.05, 0) is 48.9 Å². The van der Waals surface area contributed by atoms with Gasteiger partial charge in [-0.25, -0.2) is 4.79 Å². The number of carbonyl (C=O) groups is 1. The molecule has 0 saturated heterocycles. The van der Waals surface area contributed by atoms with Crippen LogP contribution in [0.5, 0.6) is 0 Å². The molecule has 2 aromatic carbocycles. The van der Waals surface area contributed by atoms with Gasteiger partial charge in [0.2, 0.25) is 0 Å². The van der Waals surface area contributed by atoms with Crippen LogP contribution < -0.4 is 10.2 Å². The number of anilines is 2. The second-order valence-corrected chi connectivity index (χ2v) is 6.03. The molecule has 0 unspecified atom stereocenters. The van der Waals surface area contributed by atoms with Crippen molar-refractivity contribution in [2.75, 3.05) is 16.8 Å². The molecule has 23 heavy (non-hydrogen) atoms. The Morgan fingerprint density at radius 3 is 2.52 bits per heavy atom. The van der Waals surface area contributed by atoms with Gasteiger partial charge in [-0.15, -0.1) is 0 Å². The fourth-order valence-corrected chi connectivity index (χ4v) is 2.73. The fraction of sp³-hybridized carbons (Fsp3) is 0.176. The summed E-state index contributed by atoms with van der Waals surface area (Å²) in [5, 5.41) is 4.06. The van der Waals surface area contributed by atoms with Gasteiger partial charge in [0.1, 0.15) is 5.84 Å². The van der Waals surface area contributed by atoms with E-state index in [1.165, 1.54) is 0 Å². The lowest BCUT2D eigenvalue weighted by molar-refractivity contribution is 0.259. The zero-order chi connectivity index (χ0) is 16.2. The van der Waals surface area contributed by atoms with E-state index in [9.17, 15) is 4.79 Å². The van der Waals surface area contributed by atoms with Gasteiger partial charge < -0.3 is 5.32 Å². The van der Waals surface area contributed by atoms with Gasteiger partial charge in [0.25, 0.3) is 0 Å². The first kappa shape index (κ1) is 15.8. The Morgan fingerprint density at radius 2 is 1.87 bits per heavy atom. The summed E-state index contributed by atoms with van der Waals surface area (Å²) in [4.78, 5) is 18.8. The van der Waals surface area contributed by atoms with Gasteiger partial charge in [0.05, 0.1) is 5.69 Å². The summed E-state index contributed by atoms with van der Waals surface area (Å²) in [7, 11) is 0. The Labute approximate surface area is 144 Å². The van der Waals surface area contributed by atoms with Gasteiger partial charge in [-0.3, -0.25) is 9.89 Å². The van der Waals surface area contributed by atoms with Crippen molar-refractivity contribution in [3.8, 4) is 0 Å². The first-order valence-corrected chi connectivity index (χ1v) is 8.04. The lowest BCUT2D eigenvalue weighted by Crippen LogP contribution is -2.39. The molecule has 0 saturated carbocycles. The van der Waals surface area contributed by atoms with Gasteiger partial charge in [0, 0.05) is 28.7 Å². The minimum absolute atomic E-state index is 0.268. The molecule has 0 bridgehead atoms. The van der Waals surface area contributed by atoms with Gasteiger partial charge in [-0.1, -0.05) is 29.3 Å². The third-order valence-corrected chi connectivity index (χ3v) is 3.96. The highest BCUT2D eigenvalue weighted by Crippen LogP contribution is 2.24. The van der Waals surface area contributed by atoms with E-state index in [-0.39, 0.29) is 6.03 Å². The van der Waals surface area contributed by atoms with Crippen LogP contribution in [0.25, 0.3) is 0 Å². The molecule has 2 aromatic rings. The molecule has 0 radical (unpaired) electrons. The van der Waals surface area contributed by atoms with Crippen LogP contribution in [0, 0.1) is 0 Å². The standard InChI is InChI=1S/C17H15Cl2N3O/c18-12-6-8-14(9-7-12)21-17(23)22(16-5-2-10-20-16)15-4-1-3-13(19)11-15/h1,3-4,6-9,11H,2,5,10H2,(H,21,23). The Kier molecular flexibility index (Phi) is 4.84. The van der Waals surface area contributed by atoms with Crippen molar-refractivity contribution >= 4 is 46.4 Å². The molecule has 2 amide bonds. The number of hydrogen-bond donors (Lipinski definition) is 1. The van der Waals surface area contributed by atoms with E-state index >= 15 is 0 Å².